The van der Waals surface area contributed by atoms with Crippen LogP contribution in [0.2, 0.25) is 0 Å². The molecule has 0 aliphatic heterocycles. The zero-order valence-electron chi connectivity index (χ0n) is 21.8. The molecule has 0 aliphatic carbocycles. The molecule has 0 aromatic heterocycles. The molecule has 0 bridgehead atoms. The predicted molar refractivity (Wildman–Crippen MR) is 152 cm³/mol. The first-order chi connectivity index (χ1) is 18.1. The Morgan fingerprint density at radius 3 is 2.29 bits per heavy atom. The van der Waals surface area contributed by atoms with Crippen LogP contribution in [0, 0.1) is 6.92 Å². The number of halogens is 1. The van der Waals surface area contributed by atoms with Gasteiger partial charge in [0, 0.05) is 17.6 Å². The fraction of sp³-hybridized carbons (Fsp3) is 0.286. The molecule has 38 heavy (non-hydrogen) atoms. The van der Waals surface area contributed by atoms with E-state index < -0.39 is 28.5 Å². The van der Waals surface area contributed by atoms with Gasteiger partial charge < -0.3 is 15.0 Å². The Bertz CT molecular complexity index is 1360. The summed E-state index contributed by atoms with van der Waals surface area (Å²) < 4.78 is 34.7. The summed E-state index contributed by atoms with van der Waals surface area (Å²) in [6.07, 6.45) is 0. The maximum atomic E-state index is 13.8. The molecule has 0 fully saturated rings. The minimum atomic E-state index is -4.10. The number of nitrogens with one attached hydrogen (secondary N) is 1. The molecule has 3 rings (SSSR count). The number of nitrogens with zero attached hydrogens (tertiary/aromatic N) is 2. The maximum absolute atomic E-state index is 13.8. The van der Waals surface area contributed by atoms with Crippen molar-refractivity contribution in [1.82, 2.24) is 10.2 Å². The lowest BCUT2D eigenvalue weighted by Crippen LogP contribution is -2.51. The van der Waals surface area contributed by atoms with Crippen LogP contribution in [0.25, 0.3) is 0 Å². The second-order valence-electron chi connectivity index (χ2n) is 8.74. The van der Waals surface area contributed by atoms with Gasteiger partial charge in [0.1, 0.15) is 18.3 Å². The first-order valence-corrected chi connectivity index (χ1v) is 14.3. The molecule has 1 atom stereocenters. The first-order valence-electron chi connectivity index (χ1n) is 12.1. The van der Waals surface area contributed by atoms with Crippen LogP contribution in [0.15, 0.2) is 82.2 Å². The highest BCUT2D eigenvalue weighted by Crippen LogP contribution is 2.26. The van der Waals surface area contributed by atoms with Gasteiger partial charge in [0.15, 0.2) is 0 Å². The van der Waals surface area contributed by atoms with Gasteiger partial charge in [-0.2, -0.15) is 0 Å². The van der Waals surface area contributed by atoms with Gasteiger partial charge >= 0.3 is 0 Å². The van der Waals surface area contributed by atoms with Gasteiger partial charge in [-0.3, -0.25) is 13.9 Å². The van der Waals surface area contributed by atoms with E-state index in [4.69, 9.17) is 4.74 Å². The Labute approximate surface area is 232 Å². The summed E-state index contributed by atoms with van der Waals surface area (Å²) in [7, 11) is -2.56. The molecule has 10 heteroatoms. The van der Waals surface area contributed by atoms with Crippen LogP contribution in [0.1, 0.15) is 25.0 Å². The molecule has 0 radical (unpaired) electrons. The third kappa shape index (κ3) is 7.14. The van der Waals surface area contributed by atoms with Gasteiger partial charge in [-0.25, -0.2) is 8.42 Å². The summed E-state index contributed by atoms with van der Waals surface area (Å²) in [6, 6.07) is 19.5. The van der Waals surface area contributed by atoms with E-state index in [1.165, 1.54) is 17.0 Å². The number of likely N-dealkylation sites (N-methyl/N-ethyl adjacent to an activating group) is 1. The first kappa shape index (κ1) is 29.2. The predicted octanol–water partition coefficient (Wildman–Crippen LogP) is 4.51. The third-order valence-corrected chi connectivity index (χ3v) is 8.32. The van der Waals surface area contributed by atoms with Crippen LogP contribution >= 0.6 is 15.9 Å². The Morgan fingerprint density at radius 2 is 1.68 bits per heavy atom. The molecular formula is C28H32BrN3O5S. The van der Waals surface area contributed by atoms with Crippen LogP contribution < -0.4 is 14.4 Å². The van der Waals surface area contributed by atoms with Crippen molar-refractivity contribution in [3.05, 3.63) is 88.4 Å². The number of hydrogen-bond acceptors (Lipinski definition) is 5. The maximum Gasteiger partial charge on any atom is 0.264 e. The van der Waals surface area contributed by atoms with Crippen molar-refractivity contribution < 1.29 is 22.7 Å². The summed E-state index contributed by atoms with van der Waals surface area (Å²) in [5.74, 6) is -0.246. The average molecular weight is 603 g/mol. The van der Waals surface area contributed by atoms with Crippen molar-refractivity contribution in [3.8, 4) is 5.75 Å². The lowest BCUT2D eigenvalue weighted by atomic mass is 10.1. The topological polar surface area (TPSA) is 96.0 Å². The van der Waals surface area contributed by atoms with Crippen molar-refractivity contribution >= 4 is 43.5 Å². The zero-order chi connectivity index (χ0) is 27.9. The molecule has 1 unspecified atom stereocenters. The fourth-order valence-corrected chi connectivity index (χ4v) is 5.52. The van der Waals surface area contributed by atoms with Gasteiger partial charge in [-0.15, -0.1) is 0 Å². The van der Waals surface area contributed by atoms with Crippen LogP contribution in [0.3, 0.4) is 0 Å². The Morgan fingerprint density at radius 1 is 1.03 bits per heavy atom. The smallest absolute Gasteiger partial charge is 0.264 e. The molecular weight excluding hydrogens is 570 g/mol. The molecule has 0 heterocycles. The van der Waals surface area contributed by atoms with Gasteiger partial charge in [-0.1, -0.05) is 45.8 Å². The quantitative estimate of drug-likeness (QED) is 0.349. The number of methoxy groups -OCH3 is 1. The highest BCUT2D eigenvalue weighted by atomic mass is 79.9. The number of ether oxygens (including phenoxy) is 1. The molecule has 2 amide bonds. The Balaban J connectivity index is 2.02. The van der Waals surface area contributed by atoms with E-state index in [1.54, 1.807) is 75.6 Å². The van der Waals surface area contributed by atoms with Crippen molar-refractivity contribution in [3.63, 3.8) is 0 Å². The number of amides is 2. The number of rotatable bonds is 11. The highest BCUT2D eigenvalue weighted by molar-refractivity contribution is 9.10. The highest BCUT2D eigenvalue weighted by Gasteiger charge is 2.32. The molecule has 1 N–H and O–H groups in total. The lowest BCUT2D eigenvalue weighted by molar-refractivity contribution is -0.139. The molecule has 8 nitrogen and oxygen atoms in total. The number of carbonyl (C=O) groups excluding carboxylic acids is 2. The Kier molecular flexibility index (Phi) is 9.93. The summed E-state index contributed by atoms with van der Waals surface area (Å²) in [5.41, 5.74) is 1.98. The Hall–Kier alpha value is -3.37. The molecule has 202 valence electrons. The third-order valence-electron chi connectivity index (χ3n) is 6.01. The largest absolute Gasteiger partial charge is 0.497 e. The van der Waals surface area contributed by atoms with Gasteiger partial charge in [0.25, 0.3) is 10.0 Å². The van der Waals surface area contributed by atoms with Gasteiger partial charge in [-0.05, 0) is 74.9 Å². The lowest BCUT2D eigenvalue weighted by Gasteiger charge is -2.32. The number of benzene rings is 3. The van der Waals surface area contributed by atoms with Crippen LogP contribution in [-0.2, 0) is 26.2 Å². The number of anilines is 1. The van der Waals surface area contributed by atoms with Crippen molar-refractivity contribution in [2.24, 2.45) is 0 Å². The van der Waals surface area contributed by atoms with E-state index in [-0.39, 0.29) is 17.3 Å². The molecule has 3 aromatic rings. The number of aryl methyl sites for hydroxylation is 1. The zero-order valence-corrected chi connectivity index (χ0v) is 24.3. The molecule has 0 saturated carbocycles. The van der Waals surface area contributed by atoms with Gasteiger partial charge in [0.2, 0.25) is 11.8 Å². The molecule has 0 saturated heterocycles. The average Bonchev–Trinajstić information content (AvgIpc) is 2.91. The number of sulfonamides is 1. The minimum absolute atomic E-state index is 0.0648. The van der Waals surface area contributed by atoms with E-state index in [0.29, 0.717) is 18.0 Å². The molecule has 0 aliphatic rings. The van der Waals surface area contributed by atoms with E-state index >= 15 is 0 Å². The van der Waals surface area contributed by atoms with E-state index in [2.05, 4.69) is 21.2 Å². The second-order valence-corrected chi connectivity index (χ2v) is 11.5. The van der Waals surface area contributed by atoms with Crippen molar-refractivity contribution in [2.45, 2.75) is 38.3 Å². The number of hydrogen-bond donors (Lipinski definition) is 1. The summed E-state index contributed by atoms with van der Waals surface area (Å²) >= 11 is 3.37. The van der Waals surface area contributed by atoms with Crippen LogP contribution in [0.5, 0.6) is 5.75 Å². The molecule has 3 aromatic carbocycles. The molecule has 0 spiro atoms. The van der Waals surface area contributed by atoms with Gasteiger partial charge in [0.05, 0.1) is 17.7 Å². The minimum Gasteiger partial charge on any atom is -0.497 e. The van der Waals surface area contributed by atoms with E-state index in [0.717, 1.165) is 19.9 Å². The standard InChI is InChI=1S/C28H32BrN3O5S/c1-5-30-28(34)21(3)31(18-22-7-6-8-25(17-22)37-4)27(33)19-32(24-13-11-23(29)12-14-24)38(35,36)26-15-9-20(2)10-16-26/h6-17,21H,5,18-19H2,1-4H3,(H,30,34). The van der Waals surface area contributed by atoms with Crippen LogP contribution in [0.4, 0.5) is 5.69 Å². The summed E-state index contributed by atoms with van der Waals surface area (Å²) in [4.78, 5) is 28.1. The summed E-state index contributed by atoms with van der Waals surface area (Å²) in [5, 5.41) is 2.75. The normalized spacial score (nSPS) is 11.9. The van der Waals surface area contributed by atoms with Crippen molar-refractivity contribution in [2.75, 3.05) is 24.5 Å². The van der Waals surface area contributed by atoms with Crippen LogP contribution in [-0.4, -0.2) is 51.4 Å². The number of carbonyl (C=O) groups is 2. The SMILES string of the molecule is CCNC(=O)C(C)N(Cc1cccc(OC)c1)C(=O)CN(c1ccc(Br)cc1)S(=O)(=O)c1ccc(C)cc1. The van der Waals surface area contributed by atoms with E-state index in [9.17, 15) is 18.0 Å². The monoisotopic (exact) mass is 601 g/mol. The van der Waals surface area contributed by atoms with Crippen molar-refractivity contribution in [1.29, 1.82) is 0 Å². The van der Waals surface area contributed by atoms with E-state index in [1.807, 2.05) is 13.0 Å². The summed E-state index contributed by atoms with van der Waals surface area (Å²) in [6.45, 7) is 5.28. The fourth-order valence-electron chi connectivity index (χ4n) is 3.85. The second kappa shape index (κ2) is 12.9.